The Labute approximate surface area is 122 Å². The minimum Gasteiger partial charge on any atom is -0.349 e. The monoisotopic (exact) mass is 294 g/mol. The highest BCUT2D eigenvalue weighted by atomic mass is 19.1. The number of hydrogen-bond donors (Lipinski definition) is 1. The van der Waals surface area contributed by atoms with Crippen LogP contribution >= 0.6 is 0 Å². The van der Waals surface area contributed by atoms with Gasteiger partial charge in [0, 0.05) is 17.7 Å². The average molecular weight is 294 g/mol. The SMILES string of the molecule is CC1CCCCCC1NC(=O)c1ccc(F)c([N+](=O)[O-])c1. The van der Waals surface area contributed by atoms with Crippen LogP contribution in [-0.2, 0) is 0 Å². The zero-order valence-corrected chi connectivity index (χ0v) is 12.0. The Kier molecular flexibility index (Phi) is 4.88. The van der Waals surface area contributed by atoms with Crippen molar-refractivity contribution < 1.29 is 14.1 Å². The lowest BCUT2D eigenvalue weighted by Gasteiger charge is -2.22. The maximum Gasteiger partial charge on any atom is 0.305 e. The normalized spacial score (nSPS) is 22.4. The van der Waals surface area contributed by atoms with E-state index in [2.05, 4.69) is 12.2 Å². The number of nitrogens with one attached hydrogen (secondary N) is 1. The lowest BCUT2D eigenvalue weighted by Crippen LogP contribution is -2.38. The van der Waals surface area contributed by atoms with E-state index >= 15 is 0 Å². The standard InChI is InChI=1S/C15H19FN2O3/c1-10-5-3-2-4-6-13(10)17-15(19)11-7-8-12(16)14(9-11)18(20)21/h7-10,13H,2-6H2,1H3,(H,17,19). The van der Waals surface area contributed by atoms with Crippen LogP contribution in [0.4, 0.5) is 10.1 Å². The minimum absolute atomic E-state index is 0.0732. The zero-order valence-electron chi connectivity index (χ0n) is 12.0. The Balaban J connectivity index is 2.12. The predicted octanol–water partition coefficient (Wildman–Crippen LogP) is 3.43. The van der Waals surface area contributed by atoms with Gasteiger partial charge in [0.25, 0.3) is 5.91 Å². The molecule has 21 heavy (non-hydrogen) atoms. The number of nitrogens with zero attached hydrogens (tertiary/aromatic N) is 1. The topological polar surface area (TPSA) is 72.2 Å². The van der Waals surface area contributed by atoms with Gasteiger partial charge in [-0.05, 0) is 30.9 Å². The molecule has 114 valence electrons. The summed E-state index contributed by atoms with van der Waals surface area (Å²) in [6.07, 6.45) is 5.37. The summed E-state index contributed by atoms with van der Waals surface area (Å²) in [6, 6.07) is 3.30. The van der Waals surface area contributed by atoms with E-state index in [-0.39, 0.29) is 17.5 Å². The third kappa shape index (κ3) is 3.77. The molecule has 1 aliphatic carbocycles. The molecular formula is C15H19FN2O3. The van der Waals surface area contributed by atoms with Crippen LogP contribution in [0, 0.1) is 21.8 Å². The molecule has 6 heteroatoms. The molecule has 5 nitrogen and oxygen atoms in total. The highest BCUT2D eigenvalue weighted by Crippen LogP contribution is 2.24. The maximum absolute atomic E-state index is 13.3. The van der Waals surface area contributed by atoms with Crippen LogP contribution in [0.2, 0.25) is 0 Å². The van der Waals surface area contributed by atoms with E-state index in [1.165, 1.54) is 12.5 Å². The first-order chi connectivity index (χ1) is 9.99. The van der Waals surface area contributed by atoms with Crippen molar-refractivity contribution in [1.82, 2.24) is 5.32 Å². The molecule has 0 aliphatic heterocycles. The molecule has 0 bridgehead atoms. The molecule has 1 amide bonds. The van der Waals surface area contributed by atoms with E-state index in [1.54, 1.807) is 0 Å². The fourth-order valence-corrected chi connectivity index (χ4v) is 2.75. The second-order valence-electron chi connectivity index (χ2n) is 5.62. The first-order valence-electron chi connectivity index (χ1n) is 7.24. The summed E-state index contributed by atoms with van der Waals surface area (Å²) in [5.41, 5.74) is -0.545. The predicted molar refractivity (Wildman–Crippen MR) is 76.6 cm³/mol. The van der Waals surface area contributed by atoms with Gasteiger partial charge in [0.05, 0.1) is 4.92 Å². The fourth-order valence-electron chi connectivity index (χ4n) is 2.75. The van der Waals surface area contributed by atoms with Crippen molar-refractivity contribution in [3.63, 3.8) is 0 Å². The maximum atomic E-state index is 13.3. The highest BCUT2D eigenvalue weighted by molar-refractivity contribution is 5.95. The van der Waals surface area contributed by atoms with Crippen molar-refractivity contribution in [2.45, 2.75) is 45.1 Å². The van der Waals surface area contributed by atoms with E-state index in [0.717, 1.165) is 37.8 Å². The molecule has 0 aromatic heterocycles. The van der Waals surface area contributed by atoms with E-state index in [9.17, 15) is 19.3 Å². The summed E-state index contributed by atoms with van der Waals surface area (Å²) in [5, 5.41) is 13.6. The molecule has 0 spiro atoms. The van der Waals surface area contributed by atoms with Gasteiger partial charge in [0.2, 0.25) is 5.82 Å². The average Bonchev–Trinajstić information content (AvgIpc) is 2.64. The summed E-state index contributed by atoms with van der Waals surface area (Å²) in [6.45, 7) is 2.10. The smallest absolute Gasteiger partial charge is 0.305 e. The zero-order chi connectivity index (χ0) is 15.4. The molecule has 2 rings (SSSR count). The first kappa shape index (κ1) is 15.4. The van der Waals surface area contributed by atoms with Crippen LogP contribution in [-0.4, -0.2) is 16.9 Å². The summed E-state index contributed by atoms with van der Waals surface area (Å²) < 4.78 is 13.3. The second kappa shape index (κ2) is 6.65. The molecule has 1 saturated carbocycles. The van der Waals surface area contributed by atoms with E-state index in [4.69, 9.17) is 0 Å². The van der Waals surface area contributed by atoms with Gasteiger partial charge >= 0.3 is 5.69 Å². The summed E-state index contributed by atoms with van der Waals surface area (Å²) in [5.74, 6) is -0.928. The van der Waals surface area contributed by atoms with Gasteiger partial charge in [-0.1, -0.05) is 26.2 Å². The molecule has 1 aromatic rings. The van der Waals surface area contributed by atoms with Crippen molar-refractivity contribution in [3.05, 3.63) is 39.7 Å². The summed E-state index contributed by atoms with van der Waals surface area (Å²) in [7, 11) is 0. The number of nitro groups is 1. The Morgan fingerprint density at radius 3 is 2.76 bits per heavy atom. The number of nitro benzene ring substituents is 1. The van der Waals surface area contributed by atoms with Gasteiger partial charge in [0.15, 0.2) is 0 Å². The number of carbonyl (C=O) groups excluding carboxylic acids is 1. The van der Waals surface area contributed by atoms with Crippen LogP contribution in [0.3, 0.4) is 0 Å². The number of rotatable bonds is 3. The molecule has 0 saturated heterocycles. The van der Waals surface area contributed by atoms with Gasteiger partial charge in [-0.2, -0.15) is 4.39 Å². The number of hydrogen-bond acceptors (Lipinski definition) is 3. The molecule has 1 N–H and O–H groups in total. The lowest BCUT2D eigenvalue weighted by atomic mass is 9.96. The Bertz CT molecular complexity index is 548. The van der Waals surface area contributed by atoms with Crippen LogP contribution in [0.25, 0.3) is 0 Å². The van der Waals surface area contributed by atoms with Crippen LogP contribution in [0.1, 0.15) is 49.4 Å². The van der Waals surface area contributed by atoms with Crippen LogP contribution in [0.15, 0.2) is 18.2 Å². The largest absolute Gasteiger partial charge is 0.349 e. The number of amides is 1. The number of benzene rings is 1. The molecule has 0 radical (unpaired) electrons. The second-order valence-corrected chi connectivity index (χ2v) is 5.62. The van der Waals surface area contributed by atoms with E-state index < -0.39 is 16.4 Å². The van der Waals surface area contributed by atoms with Crippen LogP contribution in [0.5, 0.6) is 0 Å². The van der Waals surface area contributed by atoms with Gasteiger partial charge in [0.1, 0.15) is 0 Å². The molecule has 0 heterocycles. The Morgan fingerprint density at radius 1 is 1.33 bits per heavy atom. The quantitative estimate of drug-likeness (QED) is 0.527. The molecular weight excluding hydrogens is 275 g/mol. The van der Waals surface area contributed by atoms with Crippen molar-refractivity contribution in [2.24, 2.45) is 5.92 Å². The lowest BCUT2D eigenvalue weighted by molar-refractivity contribution is -0.387. The van der Waals surface area contributed by atoms with Gasteiger partial charge in [-0.25, -0.2) is 0 Å². The van der Waals surface area contributed by atoms with Crippen molar-refractivity contribution in [1.29, 1.82) is 0 Å². The first-order valence-corrected chi connectivity index (χ1v) is 7.24. The Hall–Kier alpha value is -1.98. The van der Waals surface area contributed by atoms with Crippen molar-refractivity contribution >= 4 is 11.6 Å². The van der Waals surface area contributed by atoms with Gasteiger partial charge in [-0.15, -0.1) is 0 Å². The molecule has 2 atom stereocenters. The van der Waals surface area contributed by atoms with E-state index in [0.29, 0.717) is 5.92 Å². The summed E-state index contributed by atoms with van der Waals surface area (Å²) >= 11 is 0. The number of halogens is 1. The van der Waals surface area contributed by atoms with E-state index in [1.807, 2.05) is 0 Å². The molecule has 1 fully saturated rings. The highest BCUT2D eigenvalue weighted by Gasteiger charge is 2.23. The minimum atomic E-state index is -0.931. The number of carbonyl (C=O) groups is 1. The van der Waals surface area contributed by atoms with Crippen molar-refractivity contribution in [3.8, 4) is 0 Å². The summed E-state index contributed by atoms with van der Waals surface area (Å²) in [4.78, 5) is 22.1. The van der Waals surface area contributed by atoms with Gasteiger partial charge < -0.3 is 5.32 Å². The molecule has 1 aliphatic rings. The van der Waals surface area contributed by atoms with Crippen LogP contribution < -0.4 is 5.32 Å². The van der Waals surface area contributed by atoms with Gasteiger partial charge in [-0.3, -0.25) is 14.9 Å². The third-order valence-electron chi connectivity index (χ3n) is 4.08. The fraction of sp³-hybridized carbons (Fsp3) is 0.533. The Morgan fingerprint density at radius 2 is 2.05 bits per heavy atom. The van der Waals surface area contributed by atoms with Crippen molar-refractivity contribution in [2.75, 3.05) is 0 Å². The molecule has 2 unspecified atom stereocenters. The third-order valence-corrected chi connectivity index (χ3v) is 4.08. The molecule has 1 aromatic carbocycles.